The molecule has 2 aromatic heterocycles. The molecule has 76 valence electrons. The van der Waals surface area contributed by atoms with Crippen molar-refractivity contribution in [2.75, 3.05) is 6.61 Å². The van der Waals surface area contributed by atoms with Crippen LogP contribution in [0.1, 0.15) is 17.0 Å². The molecule has 3 heteroatoms. The molecule has 0 unspecified atom stereocenters. The van der Waals surface area contributed by atoms with Gasteiger partial charge in [-0.05, 0) is 26.0 Å². The molecule has 0 aliphatic carbocycles. The van der Waals surface area contributed by atoms with Crippen LogP contribution in [0.3, 0.4) is 0 Å². The normalized spacial score (nSPS) is 14.0. The molecule has 0 saturated carbocycles. The second-order valence-electron chi connectivity index (χ2n) is 3.93. The molecule has 0 amide bonds. The average Bonchev–Trinajstić information content (AvgIpc) is 2.68. The van der Waals surface area contributed by atoms with Crippen molar-refractivity contribution >= 4 is 11.0 Å². The molecule has 1 aliphatic rings. The first-order chi connectivity index (χ1) is 7.25. The van der Waals surface area contributed by atoms with Gasteiger partial charge in [-0.2, -0.15) is 0 Å². The maximum absolute atomic E-state index is 5.57. The minimum Gasteiger partial charge on any atom is -0.491 e. The van der Waals surface area contributed by atoms with Gasteiger partial charge in [0.1, 0.15) is 5.75 Å². The lowest BCUT2D eigenvalue weighted by Gasteiger charge is -2.07. The molecule has 2 aromatic rings. The van der Waals surface area contributed by atoms with Gasteiger partial charge in [-0.3, -0.25) is 4.98 Å². The third kappa shape index (κ3) is 1.19. The van der Waals surface area contributed by atoms with Crippen LogP contribution in [0, 0.1) is 13.8 Å². The average molecular weight is 200 g/mol. The number of hydrogen-bond donors (Lipinski definition) is 0. The van der Waals surface area contributed by atoms with Crippen molar-refractivity contribution in [1.82, 2.24) is 9.97 Å². The highest BCUT2D eigenvalue weighted by molar-refractivity contribution is 5.81. The predicted molar refractivity (Wildman–Crippen MR) is 58.2 cm³/mol. The van der Waals surface area contributed by atoms with E-state index >= 15 is 0 Å². The van der Waals surface area contributed by atoms with Gasteiger partial charge in [0.15, 0.2) is 0 Å². The van der Waals surface area contributed by atoms with E-state index in [2.05, 4.69) is 16.9 Å². The largest absolute Gasteiger partial charge is 0.491 e. The first kappa shape index (κ1) is 8.65. The lowest BCUT2D eigenvalue weighted by molar-refractivity contribution is 0.355. The summed E-state index contributed by atoms with van der Waals surface area (Å²) < 4.78 is 5.57. The number of nitrogens with zero attached hydrogens (tertiary/aromatic N) is 2. The molecule has 3 rings (SSSR count). The molecule has 3 nitrogen and oxygen atoms in total. The van der Waals surface area contributed by atoms with E-state index in [1.54, 1.807) is 0 Å². The number of aryl methyl sites for hydroxylation is 2. The van der Waals surface area contributed by atoms with E-state index in [-0.39, 0.29) is 0 Å². The van der Waals surface area contributed by atoms with E-state index < -0.39 is 0 Å². The monoisotopic (exact) mass is 200 g/mol. The van der Waals surface area contributed by atoms with Crippen LogP contribution in [0.15, 0.2) is 12.1 Å². The molecular formula is C12H12N2O. The van der Waals surface area contributed by atoms with E-state index in [0.29, 0.717) is 0 Å². The third-order valence-corrected chi connectivity index (χ3v) is 2.81. The number of hydrogen-bond acceptors (Lipinski definition) is 3. The zero-order chi connectivity index (χ0) is 10.4. The van der Waals surface area contributed by atoms with Crippen molar-refractivity contribution in [3.63, 3.8) is 0 Å². The lowest BCUT2D eigenvalue weighted by Crippen LogP contribution is -1.94. The minimum absolute atomic E-state index is 0.748. The van der Waals surface area contributed by atoms with Gasteiger partial charge in [0.2, 0.25) is 0 Å². The maximum Gasteiger partial charge on any atom is 0.146 e. The van der Waals surface area contributed by atoms with Crippen LogP contribution in [-0.2, 0) is 6.42 Å². The first-order valence-electron chi connectivity index (χ1n) is 5.15. The number of rotatable bonds is 0. The predicted octanol–water partition coefficient (Wildman–Crippen LogP) is 2.18. The highest BCUT2D eigenvalue weighted by Gasteiger charge is 2.19. The Morgan fingerprint density at radius 3 is 2.93 bits per heavy atom. The SMILES string of the molecule is Cc1ccc2nc3c(c(C)c2n1)OCC3. The Bertz CT molecular complexity index is 549. The van der Waals surface area contributed by atoms with Gasteiger partial charge in [-0.15, -0.1) is 0 Å². The molecule has 0 fully saturated rings. The van der Waals surface area contributed by atoms with Crippen LogP contribution in [0.5, 0.6) is 5.75 Å². The molecule has 0 aromatic carbocycles. The Labute approximate surface area is 88.1 Å². The summed E-state index contributed by atoms with van der Waals surface area (Å²) in [6.07, 6.45) is 0.917. The summed E-state index contributed by atoms with van der Waals surface area (Å²) in [6, 6.07) is 4.03. The molecule has 15 heavy (non-hydrogen) atoms. The van der Waals surface area contributed by atoms with Gasteiger partial charge in [0.05, 0.1) is 23.3 Å². The summed E-state index contributed by atoms with van der Waals surface area (Å²) in [6.45, 7) is 4.80. The van der Waals surface area contributed by atoms with Crippen molar-refractivity contribution in [3.05, 3.63) is 29.1 Å². The van der Waals surface area contributed by atoms with E-state index in [4.69, 9.17) is 4.74 Å². The number of ether oxygens (including phenoxy) is 1. The number of aromatic nitrogens is 2. The van der Waals surface area contributed by atoms with Gasteiger partial charge >= 0.3 is 0 Å². The molecular weight excluding hydrogens is 188 g/mol. The lowest BCUT2D eigenvalue weighted by atomic mass is 10.1. The minimum atomic E-state index is 0.748. The van der Waals surface area contributed by atoms with E-state index in [1.807, 2.05) is 19.1 Å². The summed E-state index contributed by atoms with van der Waals surface area (Å²) in [4.78, 5) is 9.08. The molecule has 0 spiro atoms. The summed E-state index contributed by atoms with van der Waals surface area (Å²) in [7, 11) is 0. The Hall–Kier alpha value is -1.64. The Morgan fingerprint density at radius 1 is 1.20 bits per heavy atom. The van der Waals surface area contributed by atoms with E-state index in [1.165, 1.54) is 0 Å². The molecule has 0 N–H and O–H groups in total. The Kier molecular flexibility index (Phi) is 1.69. The van der Waals surface area contributed by atoms with Crippen LogP contribution in [0.2, 0.25) is 0 Å². The van der Waals surface area contributed by atoms with Gasteiger partial charge < -0.3 is 4.74 Å². The topological polar surface area (TPSA) is 35.0 Å². The molecule has 0 saturated heterocycles. The molecule has 0 atom stereocenters. The molecule has 1 aliphatic heterocycles. The summed E-state index contributed by atoms with van der Waals surface area (Å²) in [5.74, 6) is 0.945. The van der Waals surface area contributed by atoms with E-state index in [9.17, 15) is 0 Å². The summed E-state index contributed by atoms with van der Waals surface area (Å²) in [5.41, 5.74) is 5.16. The fourth-order valence-corrected chi connectivity index (χ4v) is 2.05. The van der Waals surface area contributed by atoms with E-state index in [0.717, 1.165) is 46.8 Å². The zero-order valence-electron chi connectivity index (χ0n) is 8.87. The van der Waals surface area contributed by atoms with Gasteiger partial charge in [0, 0.05) is 17.7 Å². The van der Waals surface area contributed by atoms with Crippen molar-refractivity contribution in [2.24, 2.45) is 0 Å². The standard InChI is InChI=1S/C12H12N2O/c1-7-3-4-9-11(13-7)8(2)12-10(14-9)5-6-15-12/h3-4H,5-6H2,1-2H3. The number of pyridine rings is 2. The summed E-state index contributed by atoms with van der Waals surface area (Å²) >= 11 is 0. The van der Waals surface area contributed by atoms with Crippen molar-refractivity contribution in [1.29, 1.82) is 0 Å². The third-order valence-electron chi connectivity index (χ3n) is 2.81. The van der Waals surface area contributed by atoms with Crippen LogP contribution in [0.4, 0.5) is 0 Å². The highest BCUT2D eigenvalue weighted by Crippen LogP contribution is 2.31. The van der Waals surface area contributed by atoms with Gasteiger partial charge in [-0.1, -0.05) is 0 Å². The van der Waals surface area contributed by atoms with Gasteiger partial charge in [-0.25, -0.2) is 4.98 Å². The molecule has 0 radical (unpaired) electrons. The van der Waals surface area contributed by atoms with Crippen molar-refractivity contribution in [3.8, 4) is 5.75 Å². The van der Waals surface area contributed by atoms with Crippen LogP contribution >= 0.6 is 0 Å². The van der Waals surface area contributed by atoms with Crippen molar-refractivity contribution < 1.29 is 4.74 Å². The Balaban J connectivity index is 2.41. The fourth-order valence-electron chi connectivity index (χ4n) is 2.05. The first-order valence-corrected chi connectivity index (χ1v) is 5.15. The van der Waals surface area contributed by atoms with Crippen LogP contribution < -0.4 is 4.74 Å². The highest BCUT2D eigenvalue weighted by atomic mass is 16.5. The maximum atomic E-state index is 5.57. The second-order valence-corrected chi connectivity index (χ2v) is 3.93. The Morgan fingerprint density at radius 2 is 2.07 bits per heavy atom. The van der Waals surface area contributed by atoms with Crippen LogP contribution in [-0.4, -0.2) is 16.6 Å². The van der Waals surface area contributed by atoms with Crippen LogP contribution in [0.25, 0.3) is 11.0 Å². The number of fused-ring (bicyclic) bond motifs is 2. The van der Waals surface area contributed by atoms with Gasteiger partial charge in [0.25, 0.3) is 0 Å². The fraction of sp³-hybridized carbons (Fsp3) is 0.333. The summed E-state index contributed by atoms with van der Waals surface area (Å²) in [5, 5.41) is 0. The smallest absolute Gasteiger partial charge is 0.146 e. The molecule has 3 heterocycles. The quantitative estimate of drug-likeness (QED) is 0.653. The zero-order valence-corrected chi connectivity index (χ0v) is 8.87. The van der Waals surface area contributed by atoms with Crippen molar-refractivity contribution in [2.45, 2.75) is 20.3 Å². The molecule has 0 bridgehead atoms. The second kappa shape index (κ2) is 2.92.